The van der Waals surface area contributed by atoms with Gasteiger partial charge in [-0.05, 0) is 68.0 Å². The molecule has 2 N–H and O–H groups in total. The molecule has 1 saturated heterocycles. The molecule has 4 rings (SSSR count). The van der Waals surface area contributed by atoms with Crippen LogP contribution in [-0.4, -0.2) is 24.3 Å². The summed E-state index contributed by atoms with van der Waals surface area (Å²) in [5.41, 5.74) is 7.51. The smallest absolute Gasteiger partial charge is 0.279 e. The molecule has 1 aromatic heterocycles. The molecular formula is C22H25N3O3S. The molecule has 1 aromatic carbocycles. The van der Waals surface area contributed by atoms with Crippen molar-refractivity contribution in [1.29, 1.82) is 0 Å². The number of hydrazine groups is 1. The number of carbonyl (C=O) groups is 3. The largest absolute Gasteiger partial charge is 0.312 e. The SMILES string of the molecule is O=C(NNC(=O)c1cc2c(s1)CCCCCC2)c1ccc(N2CCCC2=O)cc1. The molecule has 2 heterocycles. The minimum Gasteiger partial charge on any atom is -0.312 e. The van der Waals surface area contributed by atoms with E-state index in [0.29, 0.717) is 23.4 Å². The van der Waals surface area contributed by atoms with E-state index >= 15 is 0 Å². The van der Waals surface area contributed by atoms with E-state index in [1.807, 2.05) is 6.07 Å². The van der Waals surface area contributed by atoms with Crippen LogP contribution in [-0.2, 0) is 17.6 Å². The fourth-order valence-corrected chi connectivity index (χ4v) is 5.07. The minimum atomic E-state index is -0.382. The summed E-state index contributed by atoms with van der Waals surface area (Å²) in [6.07, 6.45) is 8.32. The minimum absolute atomic E-state index is 0.111. The Morgan fingerprint density at radius 2 is 1.59 bits per heavy atom. The number of hydrogen-bond donors (Lipinski definition) is 2. The highest BCUT2D eigenvalue weighted by Crippen LogP contribution is 2.28. The third-order valence-corrected chi connectivity index (χ3v) is 6.76. The third kappa shape index (κ3) is 4.50. The van der Waals surface area contributed by atoms with Gasteiger partial charge in [-0.3, -0.25) is 25.2 Å². The van der Waals surface area contributed by atoms with E-state index < -0.39 is 0 Å². The van der Waals surface area contributed by atoms with Crippen molar-refractivity contribution in [3.05, 3.63) is 51.2 Å². The molecule has 29 heavy (non-hydrogen) atoms. The lowest BCUT2D eigenvalue weighted by Gasteiger charge is -2.15. The average Bonchev–Trinajstić information content (AvgIpc) is 3.32. The van der Waals surface area contributed by atoms with Crippen LogP contribution in [0.1, 0.15) is 69.0 Å². The molecule has 0 atom stereocenters. The van der Waals surface area contributed by atoms with Crippen molar-refractivity contribution in [1.82, 2.24) is 10.9 Å². The van der Waals surface area contributed by atoms with Crippen LogP contribution < -0.4 is 15.8 Å². The monoisotopic (exact) mass is 411 g/mol. The molecule has 0 saturated carbocycles. The van der Waals surface area contributed by atoms with Crippen LogP contribution in [0.3, 0.4) is 0 Å². The number of anilines is 1. The van der Waals surface area contributed by atoms with Crippen LogP contribution in [0.15, 0.2) is 30.3 Å². The molecule has 1 fully saturated rings. The van der Waals surface area contributed by atoms with Gasteiger partial charge in [0.2, 0.25) is 5.91 Å². The fourth-order valence-electron chi connectivity index (χ4n) is 3.92. The number of nitrogens with one attached hydrogen (secondary N) is 2. The van der Waals surface area contributed by atoms with Gasteiger partial charge < -0.3 is 4.90 Å². The van der Waals surface area contributed by atoms with E-state index in [0.717, 1.165) is 24.9 Å². The summed E-state index contributed by atoms with van der Waals surface area (Å²) in [5.74, 6) is -0.554. The van der Waals surface area contributed by atoms with Gasteiger partial charge in [-0.2, -0.15) is 0 Å². The summed E-state index contributed by atoms with van der Waals surface area (Å²) in [5, 5.41) is 0. The van der Waals surface area contributed by atoms with Gasteiger partial charge in [0.1, 0.15) is 0 Å². The van der Waals surface area contributed by atoms with Gasteiger partial charge >= 0.3 is 0 Å². The van der Waals surface area contributed by atoms with Crippen LogP contribution in [0, 0.1) is 0 Å². The van der Waals surface area contributed by atoms with E-state index in [4.69, 9.17) is 0 Å². The second kappa shape index (κ2) is 8.78. The second-order valence-electron chi connectivity index (χ2n) is 7.58. The van der Waals surface area contributed by atoms with Crippen molar-refractivity contribution in [2.75, 3.05) is 11.4 Å². The highest BCUT2D eigenvalue weighted by atomic mass is 32.1. The number of hydrogen-bond acceptors (Lipinski definition) is 4. The molecule has 6 nitrogen and oxygen atoms in total. The number of fused-ring (bicyclic) bond motifs is 1. The van der Waals surface area contributed by atoms with E-state index in [1.54, 1.807) is 29.2 Å². The van der Waals surface area contributed by atoms with Gasteiger partial charge in [-0.15, -0.1) is 11.3 Å². The van der Waals surface area contributed by atoms with Gasteiger partial charge in [0.25, 0.3) is 11.8 Å². The van der Waals surface area contributed by atoms with Gasteiger partial charge in [0, 0.05) is 29.1 Å². The Balaban J connectivity index is 1.35. The Morgan fingerprint density at radius 1 is 0.862 bits per heavy atom. The van der Waals surface area contributed by atoms with Gasteiger partial charge in [0.15, 0.2) is 0 Å². The number of thiophene rings is 1. The maximum Gasteiger partial charge on any atom is 0.279 e. The average molecular weight is 412 g/mol. The molecule has 0 spiro atoms. The normalized spacial score (nSPS) is 16.7. The molecule has 7 heteroatoms. The highest BCUT2D eigenvalue weighted by Gasteiger charge is 2.22. The number of rotatable bonds is 3. The van der Waals surface area contributed by atoms with Gasteiger partial charge in [-0.1, -0.05) is 12.8 Å². The zero-order chi connectivity index (χ0) is 20.2. The number of amides is 3. The first kappa shape index (κ1) is 19.6. The molecule has 152 valence electrons. The van der Waals surface area contributed by atoms with Gasteiger partial charge in [-0.25, -0.2) is 0 Å². The predicted octanol–water partition coefficient (Wildman–Crippen LogP) is 3.61. The predicted molar refractivity (Wildman–Crippen MR) is 113 cm³/mol. The molecule has 1 aliphatic carbocycles. The highest BCUT2D eigenvalue weighted by molar-refractivity contribution is 7.14. The van der Waals surface area contributed by atoms with Gasteiger partial charge in [0.05, 0.1) is 4.88 Å². The standard InChI is InChI=1S/C22H25N3O3S/c26-20-8-5-13-25(20)17-11-9-15(10-12-17)21(27)23-24-22(28)19-14-16-6-3-1-2-4-7-18(16)29-19/h9-12,14H,1-8,13H2,(H,23,27)(H,24,28). The molecule has 3 amide bonds. The Hall–Kier alpha value is -2.67. The molecule has 2 aliphatic rings. The Bertz CT molecular complexity index is 894. The molecular weight excluding hydrogens is 386 g/mol. The van der Waals surface area contributed by atoms with E-state index in [9.17, 15) is 14.4 Å². The van der Waals surface area contributed by atoms with Crippen LogP contribution in [0.2, 0.25) is 0 Å². The summed E-state index contributed by atoms with van der Waals surface area (Å²) >= 11 is 1.53. The van der Waals surface area contributed by atoms with Crippen LogP contribution in [0.25, 0.3) is 0 Å². The van der Waals surface area contributed by atoms with Crippen molar-refractivity contribution in [3.8, 4) is 0 Å². The van der Waals surface area contributed by atoms with Crippen molar-refractivity contribution in [2.45, 2.75) is 51.4 Å². The van der Waals surface area contributed by atoms with Crippen LogP contribution in [0.4, 0.5) is 5.69 Å². The van der Waals surface area contributed by atoms with E-state index in [1.165, 1.54) is 47.5 Å². The fraction of sp³-hybridized carbons (Fsp3) is 0.409. The zero-order valence-corrected chi connectivity index (χ0v) is 17.1. The van der Waals surface area contributed by atoms with E-state index in [-0.39, 0.29) is 17.7 Å². The first-order chi connectivity index (χ1) is 14.1. The van der Waals surface area contributed by atoms with E-state index in [2.05, 4.69) is 10.9 Å². The molecule has 0 unspecified atom stereocenters. The molecule has 2 aromatic rings. The summed E-state index contributed by atoms with van der Waals surface area (Å²) in [6.45, 7) is 0.714. The lowest BCUT2D eigenvalue weighted by molar-refractivity contribution is -0.117. The Kier molecular flexibility index (Phi) is 5.94. The Labute approximate surface area is 174 Å². The number of benzene rings is 1. The second-order valence-corrected chi connectivity index (χ2v) is 8.71. The van der Waals surface area contributed by atoms with Crippen molar-refractivity contribution in [3.63, 3.8) is 0 Å². The Morgan fingerprint density at radius 3 is 2.31 bits per heavy atom. The van der Waals surface area contributed by atoms with Crippen molar-refractivity contribution >= 4 is 34.7 Å². The molecule has 0 radical (unpaired) electrons. The van der Waals surface area contributed by atoms with Crippen molar-refractivity contribution < 1.29 is 14.4 Å². The van der Waals surface area contributed by atoms with Crippen LogP contribution >= 0.6 is 11.3 Å². The topological polar surface area (TPSA) is 78.5 Å². The lowest BCUT2D eigenvalue weighted by atomic mass is 10.00. The maximum absolute atomic E-state index is 12.5. The number of aryl methyl sites for hydroxylation is 2. The zero-order valence-electron chi connectivity index (χ0n) is 16.3. The third-order valence-electron chi connectivity index (χ3n) is 5.52. The number of nitrogens with zero attached hydrogens (tertiary/aromatic N) is 1. The summed E-state index contributed by atoms with van der Waals surface area (Å²) in [6, 6.07) is 8.83. The first-order valence-electron chi connectivity index (χ1n) is 10.2. The first-order valence-corrected chi connectivity index (χ1v) is 11.1. The summed E-state index contributed by atoms with van der Waals surface area (Å²) < 4.78 is 0. The molecule has 0 bridgehead atoms. The quantitative estimate of drug-likeness (QED) is 0.758. The lowest BCUT2D eigenvalue weighted by Crippen LogP contribution is -2.41. The summed E-state index contributed by atoms with van der Waals surface area (Å²) in [4.78, 5) is 40.3. The van der Waals surface area contributed by atoms with Crippen LogP contribution in [0.5, 0.6) is 0 Å². The maximum atomic E-state index is 12.5. The van der Waals surface area contributed by atoms with Crippen molar-refractivity contribution in [2.24, 2.45) is 0 Å². The summed E-state index contributed by atoms with van der Waals surface area (Å²) in [7, 11) is 0. The number of carbonyl (C=O) groups excluding carboxylic acids is 3. The molecule has 1 aliphatic heterocycles.